The molecule has 1 aromatic heterocycles. The number of H-pyrrole nitrogens is 1. The first-order chi connectivity index (χ1) is 15.2. The Morgan fingerprint density at radius 2 is 1.81 bits per heavy atom. The number of ketones is 1. The van der Waals surface area contributed by atoms with Crippen molar-refractivity contribution in [2.45, 2.75) is 32.6 Å². The molecule has 8 nitrogen and oxygen atoms in total. The van der Waals surface area contributed by atoms with Crippen molar-refractivity contribution >= 4 is 17.3 Å². The molecule has 0 radical (unpaired) electrons. The maximum Gasteiger partial charge on any atom is 0.277 e. The molecular weight excluding hydrogens is 408 g/mol. The topological polar surface area (TPSA) is 110 Å². The van der Waals surface area contributed by atoms with E-state index in [2.05, 4.69) is 10.4 Å². The van der Waals surface area contributed by atoms with E-state index in [1.807, 2.05) is 44.2 Å². The average molecular weight is 430 g/mol. The smallest absolute Gasteiger partial charge is 0.277 e. The number of nitrogens with zero attached hydrogens (tertiary/aromatic N) is 2. The van der Waals surface area contributed by atoms with Crippen LogP contribution in [0, 0.1) is 15.5 Å². The van der Waals surface area contributed by atoms with Gasteiger partial charge in [0.05, 0.1) is 16.2 Å². The van der Waals surface area contributed by atoms with Gasteiger partial charge in [0.2, 0.25) is 0 Å². The number of rotatable bonds is 3. The molecule has 2 aromatic carbocycles. The van der Waals surface area contributed by atoms with Crippen molar-refractivity contribution in [1.29, 1.82) is 0 Å². The second kappa shape index (κ2) is 7.05. The molecule has 2 heterocycles. The quantitative estimate of drug-likeness (QED) is 0.476. The number of nitro groups is 1. The van der Waals surface area contributed by atoms with Gasteiger partial charge in [0.1, 0.15) is 5.82 Å². The average Bonchev–Trinajstić information content (AvgIpc) is 3.08. The number of nitro benzene ring substituents is 1. The minimum atomic E-state index is -0.682. The second-order valence-electron chi connectivity index (χ2n) is 9.12. The molecule has 1 atom stereocenters. The Morgan fingerprint density at radius 1 is 1.06 bits per heavy atom. The Labute approximate surface area is 183 Å². The van der Waals surface area contributed by atoms with Crippen molar-refractivity contribution in [3.05, 3.63) is 97.5 Å². The number of carbonyl (C=O) groups is 1. The van der Waals surface area contributed by atoms with Crippen LogP contribution >= 0.6 is 0 Å². The van der Waals surface area contributed by atoms with Gasteiger partial charge in [-0.2, -0.15) is 0 Å². The van der Waals surface area contributed by atoms with Crippen LogP contribution in [0.3, 0.4) is 0 Å². The van der Waals surface area contributed by atoms with Crippen LogP contribution in [0.4, 0.5) is 11.5 Å². The summed E-state index contributed by atoms with van der Waals surface area (Å²) in [7, 11) is 0. The van der Waals surface area contributed by atoms with Gasteiger partial charge in [0.25, 0.3) is 11.2 Å². The van der Waals surface area contributed by atoms with E-state index in [4.69, 9.17) is 0 Å². The summed E-state index contributed by atoms with van der Waals surface area (Å²) in [5, 5.41) is 17.9. The summed E-state index contributed by atoms with van der Waals surface area (Å²) in [6.45, 7) is 4.07. The first-order valence-corrected chi connectivity index (χ1v) is 10.4. The van der Waals surface area contributed by atoms with Crippen LogP contribution in [0.1, 0.15) is 43.7 Å². The van der Waals surface area contributed by atoms with Crippen molar-refractivity contribution in [1.82, 2.24) is 9.78 Å². The first-order valence-electron chi connectivity index (χ1n) is 10.4. The molecule has 1 aliphatic heterocycles. The van der Waals surface area contributed by atoms with E-state index < -0.39 is 10.8 Å². The zero-order valence-electron chi connectivity index (χ0n) is 17.7. The van der Waals surface area contributed by atoms with Gasteiger partial charge in [0.15, 0.2) is 5.78 Å². The summed E-state index contributed by atoms with van der Waals surface area (Å²) < 4.78 is 1.44. The van der Waals surface area contributed by atoms with Gasteiger partial charge in [-0.15, -0.1) is 0 Å². The van der Waals surface area contributed by atoms with Crippen LogP contribution in [0.25, 0.3) is 5.69 Å². The molecule has 0 saturated heterocycles. The van der Waals surface area contributed by atoms with Gasteiger partial charge in [-0.05, 0) is 29.5 Å². The minimum absolute atomic E-state index is 0.0437. The number of para-hydroxylation sites is 1. The van der Waals surface area contributed by atoms with Crippen molar-refractivity contribution in [3.8, 4) is 5.69 Å². The van der Waals surface area contributed by atoms with E-state index >= 15 is 0 Å². The fraction of sp³-hybridized carbons (Fsp3) is 0.250. The molecular formula is C24H22N4O4. The Morgan fingerprint density at radius 3 is 2.53 bits per heavy atom. The number of hydrogen-bond donors (Lipinski definition) is 2. The molecule has 0 saturated carbocycles. The highest BCUT2D eigenvalue weighted by Gasteiger charge is 2.43. The number of benzene rings is 2. The molecule has 8 heteroatoms. The van der Waals surface area contributed by atoms with Gasteiger partial charge in [0, 0.05) is 35.7 Å². The molecule has 0 spiro atoms. The molecule has 5 rings (SSSR count). The molecule has 2 aliphatic rings. The van der Waals surface area contributed by atoms with E-state index in [1.165, 1.54) is 16.8 Å². The lowest BCUT2D eigenvalue weighted by Gasteiger charge is -2.37. The second-order valence-corrected chi connectivity index (χ2v) is 9.12. The van der Waals surface area contributed by atoms with Gasteiger partial charge in [-0.3, -0.25) is 24.8 Å². The van der Waals surface area contributed by atoms with Crippen LogP contribution in [0.5, 0.6) is 0 Å². The number of Topliss-reactive ketones (excluding diaryl/α,β-unsaturated/α-hetero) is 1. The molecule has 1 aliphatic carbocycles. The molecule has 0 bridgehead atoms. The number of carbonyl (C=O) groups excluding carboxylic acids is 1. The van der Waals surface area contributed by atoms with E-state index in [0.717, 1.165) is 5.70 Å². The SMILES string of the molecule is CC1(C)CC(=O)C2=C(C1)Nc1[nH]n(-c3ccccc3)c(=O)c1C2c1cccc([N+](=O)[O-])c1. The molecule has 0 fully saturated rings. The maximum absolute atomic E-state index is 13.5. The molecule has 162 valence electrons. The van der Waals surface area contributed by atoms with E-state index in [-0.39, 0.29) is 22.4 Å². The Kier molecular flexibility index (Phi) is 4.40. The van der Waals surface area contributed by atoms with Crippen LogP contribution in [-0.2, 0) is 4.79 Å². The number of hydrogen-bond acceptors (Lipinski definition) is 5. The summed E-state index contributed by atoms with van der Waals surface area (Å²) in [5.74, 6) is -0.212. The summed E-state index contributed by atoms with van der Waals surface area (Å²) in [6, 6.07) is 15.4. The summed E-state index contributed by atoms with van der Waals surface area (Å²) in [4.78, 5) is 37.8. The first kappa shape index (κ1) is 20.0. The number of aromatic amines is 1. The Balaban J connectivity index is 1.76. The van der Waals surface area contributed by atoms with Crippen molar-refractivity contribution in [3.63, 3.8) is 0 Å². The van der Waals surface area contributed by atoms with Gasteiger partial charge in [-0.25, -0.2) is 4.68 Å². The predicted molar refractivity (Wildman–Crippen MR) is 120 cm³/mol. The summed E-state index contributed by atoms with van der Waals surface area (Å²) >= 11 is 0. The van der Waals surface area contributed by atoms with Crippen LogP contribution in [0.15, 0.2) is 70.7 Å². The van der Waals surface area contributed by atoms with Crippen LogP contribution in [0.2, 0.25) is 0 Å². The third-order valence-electron chi connectivity index (χ3n) is 6.13. The van der Waals surface area contributed by atoms with Gasteiger partial charge in [-0.1, -0.05) is 44.2 Å². The zero-order chi connectivity index (χ0) is 22.6. The molecule has 1 unspecified atom stereocenters. The van der Waals surface area contributed by atoms with Crippen molar-refractivity contribution in [2.24, 2.45) is 5.41 Å². The third kappa shape index (κ3) is 3.15. The largest absolute Gasteiger partial charge is 0.343 e. The van der Waals surface area contributed by atoms with Gasteiger partial charge < -0.3 is 5.32 Å². The van der Waals surface area contributed by atoms with Gasteiger partial charge >= 0.3 is 0 Å². The fourth-order valence-electron chi connectivity index (χ4n) is 4.80. The lowest BCUT2D eigenvalue weighted by molar-refractivity contribution is -0.384. The highest BCUT2D eigenvalue weighted by molar-refractivity contribution is 6.01. The zero-order valence-corrected chi connectivity index (χ0v) is 17.7. The normalized spacial score (nSPS) is 19.2. The highest BCUT2D eigenvalue weighted by atomic mass is 16.6. The number of aromatic nitrogens is 2. The monoisotopic (exact) mass is 430 g/mol. The standard InChI is InChI=1S/C24H22N4O4/c1-24(2)12-17-20(18(29)13-24)19(14-7-6-10-16(11-14)28(31)32)21-22(25-17)26-27(23(21)30)15-8-4-3-5-9-15/h3-11,19,25-26H,12-13H2,1-2H3. The number of non-ortho nitro benzene ring substituents is 1. The minimum Gasteiger partial charge on any atom is -0.343 e. The van der Waals surface area contributed by atoms with Crippen LogP contribution in [-0.4, -0.2) is 20.5 Å². The predicted octanol–water partition coefficient (Wildman–Crippen LogP) is 4.27. The molecule has 32 heavy (non-hydrogen) atoms. The number of nitrogens with one attached hydrogen (secondary N) is 2. The summed E-state index contributed by atoms with van der Waals surface area (Å²) in [5.41, 5.74) is 2.30. The number of allylic oxidation sites excluding steroid dienone is 2. The fourth-order valence-corrected chi connectivity index (χ4v) is 4.80. The number of anilines is 1. The maximum atomic E-state index is 13.5. The van der Waals surface area contributed by atoms with Crippen LogP contribution < -0.4 is 10.9 Å². The van der Waals surface area contributed by atoms with E-state index in [1.54, 1.807) is 12.1 Å². The lowest BCUT2D eigenvalue weighted by Crippen LogP contribution is -2.35. The molecule has 2 N–H and O–H groups in total. The molecule has 0 amide bonds. The number of fused-ring (bicyclic) bond motifs is 1. The summed E-state index contributed by atoms with van der Waals surface area (Å²) in [6.07, 6.45) is 0.989. The molecule has 3 aromatic rings. The lowest BCUT2D eigenvalue weighted by atomic mass is 9.69. The highest BCUT2D eigenvalue weighted by Crippen LogP contribution is 2.48. The van der Waals surface area contributed by atoms with Crippen molar-refractivity contribution in [2.75, 3.05) is 5.32 Å². The Hall–Kier alpha value is -3.94. The third-order valence-corrected chi connectivity index (χ3v) is 6.13. The van der Waals surface area contributed by atoms with E-state index in [0.29, 0.717) is 41.0 Å². The van der Waals surface area contributed by atoms with Crippen molar-refractivity contribution < 1.29 is 9.72 Å². The Bertz CT molecular complexity index is 1350. The van der Waals surface area contributed by atoms with E-state index in [9.17, 15) is 19.7 Å².